The van der Waals surface area contributed by atoms with E-state index in [-0.39, 0.29) is 0 Å². The van der Waals surface area contributed by atoms with E-state index in [1.165, 1.54) is 96.6 Å². The summed E-state index contributed by atoms with van der Waals surface area (Å²) < 4.78 is 0. The van der Waals surface area contributed by atoms with Crippen LogP contribution in [0.1, 0.15) is 90.4 Å². The maximum atomic E-state index is 3.58. The van der Waals surface area contributed by atoms with Crippen molar-refractivity contribution in [1.29, 1.82) is 0 Å². The highest BCUT2D eigenvalue weighted by Crippen LogP contribution is 2.12. The zero-order valence-corrected chi connectivity index (χ0v) is 17.8. The molecule has 1 heterocycles. The van der Waals surface area contributed by atoms with Gasteiger partial charge in [0.2, 0.25) is 0 Å². The molecule has 26 heavy (non-hydrogen) atoms. The molecule has 0 amide bonds. The van der Waals surface area contributed by atoms with Crippen molar-refractivity contribution < 1.29 is 0 Å². The van der Waals surface area contributed by atoms with Crippen molar-refractivity contribution in [3.63, 3.8) is 0 Å². The summed E-state index contributed by atoms with van der Waals surface area (Å²) in [4.78, 5) is 2.59. The minimum atomic E-state index is 1.04. The minimum absolute atomic E-state index is 1.04. The standard InChI is InChI=1S/C22H48N4/c1-2-3-4-5-6-7-8-9-10-11-12-13-20-26-21-19-24-16-14-15-23-17-18-25-22-26/h23-25H,2-22H2,1H3. The first-order chi connectivity index (χ1) is 12.9. The molecule has 0 bridgehead atoms. The number of hydrogen-bond acceptors (Lipinski definition) is 4. The minimum Gasteiger partial charge on any atom is -0.315 e. The van der Waals surface area contributed by atoms with Crippen molar-refractivity contribution in [3.05, 3.63) is 0 Å². The quantitative estimate of drug-likeness (QED) is 0.428. The summed E-state index contributed by atoms with van der Waals surface area (Å²) >= 11 is 0. The summed E-state index contributed by atoms with van der Waals surface area (Å²) in [5.74, 6) is 0. The van der Waals surface area contributed by atoms with Crippen LogP contribution >= 0.6 is 0 Å². The van der Waals surface area contributed by atoms with Gasteiger partial charge in [0.15, 0.2) is 0 Å². The third-order valence-corrected chi connectivity index (χ3v) is 5.45. The topological polar surface area (TPSA) is 39.3 Å². The Morgan fingerprint density at radius 2 is 1.12 bits per heavy atom. The Morgan fingerprint density at radius 3 is 1.77 bits per heavy atom. The number of nitrogens with zero attached hydrogens (tertiary/aromatic N) is 1. The molecule has 156 valence electrons. The molecule has 0 aromatic carbocycles. The fraction of sp³-hybridized carbons (Fsp3) is 1.00. The Hall–Kier alpha value is -0.160. The number of nitrogens with one attached hydrogen (secondary N) is 3. The zero-order chi connectivity index (χ0) is 18.5. The van der Waals surface area contributed by atoms with Gasteiger partial charge in [0.05, 0.1) is 0 Å². The van der Waals surface area contributed by atoms with Crippen molar-refractivity contribution in [2.24, 2.45) is 0 Å². The molecule has 4 heteroatoms. The van der Waals surface area contributed by atoms with Gasteiger partial charge in [0, 0.05) is 32.8 Å². The van der Waals surface area contributed by atoms with Gasteiger partial charge in [0.1, 0.15) is 0 Å². The molecule has 0 unspecified atom stereocenters. The summed E-state index contributed by atoms with van der Waals surface area (Å²) in [6.45, 7) is 11.3. The van der Waals surface area contributed by atoms with Gasteiger partial charge < -0.3 is 16.0 Å². The predicted octanol–water partition coefficient (Wildman–Crippen LogP) is 4.12. The van der Waals surface area contributed by atoms with Crippen molar-refractivity contribution in [3.8, 4) is 0 Å². The van der Waals surface area contributed by atoms with Crippen molar-refractivity contribution in [1.82, 2.24) is 20.9 Å². The molecular formula is C22H48N4. The van der Waals surface area contributed by atoms with Gasteiger partial charge >= 0.3 is 0 Å². The lowest BCUT2D eigenvalue weighted by Crippen LogP contribution is -2.42. The van der Waals surface area contributed by atoms with Crippen LogP contribution in [0.3, 0.4) is 0 Å². The van der Waals surface area contributed by atoms with E-state index in [9.17, 15) is 0 Å². The average molecular weight is 369 g/mol. The Balaban J connectivity index is 1.91. The molecule has 0 saturated carbocycles. The summed E-state index contributed by atoms with van der Waals surface area (Å²) in [5, 5.41) is 10.6. The molecule has 1 aliphatic rings. The molecule has 0 radical (unpaired) electrons. The normalized spacial score (nSPS) is 18.3. The molecule has 0 atom stereocenters. The van der Waals surface area contributed by atoms with Crippen LogP contribution in [0.15, 0.2) is 0 Å². The van der Waals surface area contributed by atoms with Crippen LogP contribution in [-0.4, -0.2) is 57.4 Å². The molecular weight excluding hydrogens is 320 g/mol. The summed E-state index contributed by atoms with van der Waals surface area (Å²) in [6.07, 6.45) is 18.4. The van der Waals surface area contributed by atoms with Gasteiger partial charge in [-0.2, -0.15) is 0 Å². The highest BCUT2D eigenvalue weighted by Gasteiger charge is 2.05. The maximum absolute atomic E-state index is 3.58. The number of hydrogen-bond donors (Lipinski definition) is 3. The van der Waals surface area contributed by atoms with Crippen LogP contribution in [0.5, 0.6) is 0 Å². The van der Waals surface area contributed by atoms with Crippen LogP contribution in [0.4, 0.5) is 0 Å². The second-order valence-electron chi connectivity index (χ2n) is 8.02. The Bertz CT molecular complexity index is 261. The Kier molecular flexibility index (Phi) is 18.0. The highest BCUT2D eigenvalue weighted by molar-refractivity contribution is 4.63. The summed E-state index contributed by atoms with van der Waals surface area (Å²) in [7, 11) is 0. The third kappa shape index (κ3) is 16.0. The lowest BCUT2D eigenvalue weighted by atomic mass is 10.1. The Labute approximate surface area is 164 Å². The lowest BCUT2D eigenvalue weighted by Gasteiger charge is -2.24. The first kappa shape index (κ1) is 23.9. The van der Waals surface area contributed by atoms with Gasteiger partial charge in [-0.15, -0.1) is 0 Å². The second kappa shape index (κ2) is 19.6. The molecule has 0 aromatic heterocycles. The average Bonchev–Trinajstić information content (AvgIpc) is 2.64. The highest BCUT2D eigenvalue weighted by atomic mass is 15.2. The SMILES string of the molecule is CCCCCCCCCCCCCCN1CCNCCCNCCNC1. The largest absolute Gasteiger partial charge is 0.315 e. The van der Waals surface area contributed by atoms with Crippen molar-refractivity contribution >= 4 is 0 Å². The van der Waals surface area contributed by atoms with Gasteiger partial charge in [-0.3, -0.25) is 4.90 Å². The van der Waals surface area contributed by atoms with Crippen molar-refractivity contribution in [2.75, 3.05) is 52.5 Å². The van der Waals surface area contributed by atoms with Crippen LogP contribution in [0.2, 0.25) is 0 Å². The molecule has 1 saturated heterocycles. The van der Waals surface area contributed by atoms with Gasteiger partial charge in [-0.05, 0) is 32.5 Å². The molecule has 4 nitrogen and oxygen atoms in total. The Morgan fingerprint density at radius 1 is 0.577 bits per heavy atom. The molecule has 3 N–H and O–H groups in total. The first-order valence-electron chi connectivity index (χ1n) is 11.8. The van der Waals surface area contributed by atoms with Gasteiger partial charge in [-0.25, -0.2) is 0 Å². The maximum Gasteiger partial charge on any atom is 0.0481 e. The fourth-order valence-corrected chi connectivity index (χ4v) is 3.69. The van der Waals surface area contributed by atoms with Crippen LogP contribution in [0.25, 0.3) is 0 Å². The monoisotopic (exact) mass is 368 g/mol. The van der Waals surface area contributed by atoms with E-state index in [4.69, 9.17) is 0 Å². The molecule has 0 aromatic rings. The first-order valence-corrected chi connectivity index (χ1v) is 11.8. The van der Waals surface area contributed by atoms with E-state index < -0.39 is 0 Å². The third-order valence-electron chi connectivity index (χ3n) is 5.45. The molecule has 1 fully saturated rings. The zero-order valence-electron chi connectivity index (χ0n) is 17.8. The van der Waals surface area contributed by atoms with Gasteiger partial charge in [0.25, 0.3) is 0 Å². The number of unbranched alkanes of at least 4 members (excludes halogenated alkanes) is 11. The van der Waals surface area contributed by atoms with Crippen LogP contribution < -0.4 is 16.0 Å². The lowest BCUT2D eigenvalue weighted by molar-refractivity contribution is 0.245. The summed E-state index contributed by atoms with van der Waals surface area (Å²) in [6, 6.07) is 0. The van der Waals surface area contributed by atoms with Crippen LogP contribution in [-0.2, 0) is 0 Å². The fourth-order valence-electron chi connectivity index (χ4n) is 3.69. The van der Waals surface area contributed by atoms with Crippen molar-refractivity contribution in [2.45, 2.75) is 90.4 Å². The second-order valence-corrected chi connectivity index (χ2v) is 8.02. The van der Waals surface area contributed by atoms with Crippen LogP contribution in [0, 0.1) is 0 Å². The summed E-state index contributed by atoms with van der Waals surface area (Å²) in [5.41, 5.74) is 0. The molecule has 0 spiro atoms. The molecule has 1 rings (SSSR count). The van der Waals surface area contributed by atoms with E-state index in [0.29, 0.717) is 0 Å². The molecule has 0 aliphatic carbocycles. The van der Waals surface area contributed by atoms with Gasteiger partial charge in [-0.1, -0.05) is 77.6 Å². The van der Waals surface area contributed by atoms with E-state index in [0.717, 1.165) is 39.4 Å². The molecule has 1 aliphatic heterocycles. The number of rotatable bonds is 13. The van der Waals surface area contributed by atoms with E-state index >= 15 is 0 Å². The van der Waals surface area contributed by atoms with E-state index in [2.05, 4.69) is 27.8 Å². The smallest absolute Gasteiger partial charge is 0.0481 e. The van der Waals surface area contributed by atoms with E-state index in [1.807, 2.05) is 0 Å². The predicted molar refractivity (Wildman–Crippen MR) is 116 cm³/mol. The van der Waals surface area contributed by atoms with E-state index in [1.54, 1.807) is 0 Å².